The van der Waals surface area contributed by atoms with E-state index in [9.17, 15) is 9.90 Å². The highest BCUT2D eigenvalue weighted by atomic mass is 32.1. The molecule has 0 aliphatic rings. The third kappa shape index (κ3) is 3.64. The fraction of sp³-hybridized carbons (Fsp3) is 0.545. The molecule has 0 saturated heterocycles. The van der Waals surface area contributed by atoms with E-state index in [1.165, 1.54) is 0 Å². The van der Waals surface area contributed by atoms with Crippen molar-refractivity contribution in [3.8, 4) is 0 Å². The van der Waals surface area contributed by atoms with Gasteiger partial charge in [-0.1, -0.05) is 0 Å². The van der Waals surface area contributed by atoms with Crippen LogP contribution in [0, 0.1) is 0 Å². The maximum atomic E-state index is 11.6. The Morgan fingerprint density at radius 2 is 2.33 bits per heavy atom. The lowest BCUT2D eigenvalue weighted by Crippen LogP contribution is -2.51. The number of nitrogens with one attached hydrogen (secondary N) is 1. The first-order chi connectivity index (χ1) is 6.92. The van der Waals surface area contributed by atoms with E-state index in [-0.39, 0.29) is 5.91 Å². The molecule has 15 heavy (non-hydrogen) atoms. The van der Waals surface area contributed by atoms with Crippen LogP contribution < -0.4 is 5.32 Å². The van der Waals surface area contributed by atoms with Crippen molar-refractivity contribution in [2.75, 3.05) is 0 Å². The molecule has 1 heterocycles. The minimum absolute atomic E-state index is 0.0562. The average molecular weight is 227 g/mol. The molecule has 0 aliphatic carbocycles. The van der Waals surface area contributed by atoms with Crippen LogP contribution in [0.4, 0.5) is 0 Å². The Hall–Kier alpha value is -0.870. The number of carbonyl (C=O) groups excluding carboxylic acids is 1. The average Bonchev–Trinajstić information content (AvgIpc) is 2.54. The highest BCUT2D eigenvalue weighted by Gasteiger charge is 2.25. The van der Waals surface area contributed by atoms with E-state index in [0.717, 1.165) is 5.56 Å². The molecule has 0 aromatic carbocycles. The summed E-state index contributed by atoms with van der Waals surface area (Å²) in [6.45, 7) is 5.29. The molecule has 84 valence electrons. The van der Waals surface area contributed by atoms with Crippen molar-refractivity contribution in [2.45, 2.75) is 38.8 Å². The van der Waals surface area contributed by atoms with E-state index in [4.69, 9.17) is 0 Å². The minimum atomic E-state index is -0.576. The predicted molar refractivity (Wildman–Crippen MR) is 61.9 cm³/mol. The van der Waals surface area contributed by atoms with E-state index in [0.29, 0.717) is 6.42 Å². The summed E-state index contributed by atoms with van der Waals surface area (Å²) in [5.74, 6) is -0.0562. The van der Waals surface area contributed by atoms with Gasteiger partial charge in [0.05, 0.1) is 18.1 Å². The maximum Gasteiger partial charge on any atom is 0.224 e. The van der Waals surface area contributed by atoms with E-state index >= 15 is 0 Å². The van der Waals surface area contributed by atoms with E-state index in [1.807, 2.05) is 30.7 Å². The van der Waals surface area contributed by atoms with Gasteiger partial charge in [-0.05, 0) is 43.2 Å². The van der Waals surface area contributed by atoms with Gasteiger partial charge in [-0.2, -0.15) is 11.3 Å². The van der Waals surface area contributed by atoms with E-state index in [2.05, 4.69) is 5.32 Å². The van der Waals surface area contributed by atoms with Crippen LogP contribution >= 0.6 is 11.3 Å². The molecular weight excluding hydrogens is 210 g/mol. The third-order valence-electron chi connectivity index (χ3n) is 2.45. The molecule has 1 amide bonds. The lowest BCUT2D eigenvalue weighted by Gasteiger charge is -2.29. The van der Waals surface area contributed by atoms with Crippen LogP contribution in [0.3, 0.4) is 0 Å². The maximum absolute atomic E-state index is 11.6. The molecular formula is C11H17NO2S. The molecule has 2 N–H and O–H groups in total. The van der Waals surface area contributed by atoms with E-state index < -0.39 is 11.6 Å². The smallest absolute Gasteiger partial charge is 0.224 e. The van der Waals surface area contributed by atoms with Crippen molar-refractivity contribution in [3.63, 3.8) is 0 Å². The van der Waals surface area contributed by atoms with Gasteiger partial charge in [0.1, 0.15) is 0 Å². The second-order valence-electron chi connectivity index (χ2n) is 4.25. The number of aliphatic hydroxyl groups is 1. The molecule has 3 nitrogen and oxygen atoms in total. The van der Waals surface area contributed by atoms with Gasteiger partial charge in [0.25, 0.3) is 0 Å². The fourth-order valence-corrected chi connectivity index (χ4v) is 1.76. The van der Waals surface area contributed by atoms with Gasteiger partial charge in [-0.15, -0.1) is 0 Å². The SMILES string of the molecule is CC(O)C(C)(C)NC(=O)Cc1ccsc1. The van der Waals surface area contributed by atoms with E-state index in [1.54, 1.807) is 18.3 Å². The Bertz CT molecular complexity index is 317. The number of amides is 1. The summed E-state index contributed by atoms with van der Waals surface area (Å²) in [7, 11) is 0. The normalized spacial score (nSPS) is 13.6. The molecule has 1 aromatic heterocycles. The monoisotopic (exact) mass is 227 g/mol. The Balaban J connectivity index is 2.50. The van der Waals surface area contributed by atoms with Crippen LogP contribution in [-0.2, 0) is 11.2 Å². The molecule has 0 bridgehead atoms. The number of carbonyl (C=O) groups is 1. The molecule has 0 fully saturated rings. The molecule has 0 spiro atoms. The van der Waals surface area contributed by atoms with Crippen molar-refractivity contribution in [3.05, 3.63) is 22.4 Å². The van der Waals surface area contributed by atoms with Gasteiger partial charge < -0.3 is 10.4 Å². The minimum Gasteiger partial charge on any atom is -0.391 e. The van der Waals surface area contributed by atoms with Gasteiger partial charge in [-0.3, -0.25) is 4.79 Å². The Morgan fingerprint density at radius 3 is 2.80 bits per heavy atom. The Morgan fingerprint density at radius 1 is 1.67 bits per heavy atom. The van der Waals surface area contributed by atoms with Crippen LogP contribution in [-0.4, -0.2) is 22.7 Å². The van der Waals surface area contributed by atoms with Crippen molar-refractivity contribution in [1.29, 1.82) is 0 Å². The van der Waals surface area contributed by atoms with Crippen LogP contribution in [0.25, 0.3) is 0 Å². The van der Waals surface area contributed by atoms with Crippen molar-refractivity contribution in [1.82, 2.24) is 5.32 Å². The van der Waals surface area contributed by atoms with Crippen LogP contribution in [0.5, 0.6) is 0 Å². The molecule has 1 rings (SSSR count). The topological polar surface area (TPSA) is 49.3 Å². The lowest BCUT2D eigenvalue weighted by molar-refractivity contribution is -0.123. The summed E-state index contributed by atoms with van der Waals surface area (Å²) in [4.78, 5) is 11.6. The molecule has 0 saturated carbocycles. The standard InChI is InChI=1S/C11H17NO2S/c1-8(13)11(2,3)12-10(14)6-9-4-5-15-7-9/h4-5,7-8,13H,6H2,1-3H3,(H,12,14). The summed E-state index contributed by atoms with van der Waals surface area (Å²) in [6, 6.07) is 1.93. The summed E-state index contributed by atoms with van der Waals surface area (Å²) >= 11 is 1.58. The quantitative estimate of drug-likeness (QED) is 0.820. The van der Waals surface area contributed by atoms with Gasteiger partial charge in [-0.25, -0.2) is 0 Å². The number of rotatable bonds is 4. The number of hydrogen-bond donors (Lipinski definition) is 2. The zero-order valence-electron chi connectivity index (χ0n) is 9.28. The molecule has 4 heteroatoms. The fourth-order valence-electron chi connectivity index (χ4n) is 1.09. The first kappa shape index (κ1) is 12.2. The predicted octanol–water partition coefficient (Wildman–Crippen LogP) is 1.57. The van der Waals surface area contributed by atoms with Gasteiger partial charge in [0.15, 0.2) is 0 Å². The number of hydrogen-bond acceptors (Lipinski definition) is 3. The highest BCUT2D eigenvalue weighted by Crippen LogP contribution is 2.10. The third-order valence-corrected chi connectivity index (χ3v) is 3.18. The second-order valence-corrected chi connectivity index (χ2v) is 5.03. The van der Waals surface area contributed by atoms with Crippen molar-refractivity contribution in [2.24, 2.45) is 0 Å². The first-order valence-corrected chi connectivity index (χ1v) is 5.86. The molecule has 0 aliphatic heterocycles. The molecule has 1 unspecified atom stereocenters. The summed E-state index contributed by atoms with van der Waals surface area (Å²) in [6.07, 6.45) is -0.191. The summed E-state index contributed by atoms with van der Waals surface area (Å²) in [5, 5.41) is 16.2. The number of thiophene rings is 1. The van der Waals surface area contributed by atoms with Gasteiger partial charge in [0.2, 0.25) is 5.91 Å². The second kappa shape index (κ2) is 4.77. The van der Waals surface area contributed by atoms with Crippen LogP contribution in [0.2, 0.25) is 0 Å². The molecule has 1 aromatic rings. The van der Waals surface area contributed by atoms with Crippen LogP contribution in [0.15, 0.2) is 16.8 Å². The van der Waals surface area contributed by atoms with Crippen molar-refractivity contribution < 1.29 is 9.90 Å². The number of aliphatic hydroxyl groups excluding tert-OH is 1. The lowest BCUT2D eigenvalue weighted by atomic mass is 9.98. The summed E-state index contributed by atoms with van der Waals surface area (Å²) in [5.41, 5.74) is 0.437. The highest BCUT2D eigenvalue weighted by molar-refractivity contribution is 7.07. The largest absolute Gasteiger partial charge is 0.391 e. The first-order valence-electron chi connectivity index (χ1n) is 4.92. The van der Waals surface area contributed by atoms with Crippen molar-refractivity contribution >= 4 is 17.2 Å². The zero-order valence-corrected chi connectivity index (χ0v) is 10.1. The summed E-state index contributed by atoms with van der Waals surface area (Å²) < 4.78 is 0. The van der Waals surface area contributed by atoms with Crippen LogP contribution in [0.1, 0.15) is 26.3 Å². The van der Waals surface area contributed by atoms with Gasteiger partial charge >= 0.3 is 0 Å². The Labute approximate surface area is 94.1 Å². The molecule has 1 atom stereocenters. The Kier molecular flexibility index (Phi) is 3.88. The zero-order chi connectivity index (χ0) is 11.5. The van der Waals surface area contributed by atoms with Gasteiger partial charge in [0, 0.05) is 0 Å². The molecule has 0 radical (unpaired) electrons.